The van der Waals surface area contributed by atoms with Gasteiger partial charge < -0.3 is 5.11 Å². The quantitative estimate of drug-likeness (QED) is 0.612. The van der Waals surface area contributed by atoms with Crippen LogP contribution < -0.4 is 0 Å². The van der Waals surface area contributed by atoms with Crippen molar-refractivity contribution in [3.63, 3.8) is 0 Å². The summed E-state index contributed by atoms with van der Waals surface area (Å²) in [7, 11) is 0. The number of aliphatic hydroxyl groups is 1. The molecule has 1 rings (SSSR count). The van der Waals surface area contributed by atoms with E-state index in [-0.39, 0.29) is 12.4 Å². The van der Waals surface area contributed by atoms with E-state index >= 15 is 0 Å². The molecule has 0 aliphatic heterocycles. The monoisotopic (exact) mass is 130 g/mol. The van der Waals surface area contributed by atoms with Crippen LogP contribution in [0.4, 0.5) is 4.39 Å². The zero-order valence-electron chi connectivity index (χ0n) is 4.79. The van der Waals surface area contributed by atoms with E-state index in [1.165, 1.54) is 10.9 Å². The molecule has 0 spiro atoms. The number of nitrogens with zero attached hydrogens (tertiary/aromatic N) is 2. The molecule has 0 fully saturated rings. The lowest BCUT2D eigenvalue weighted by Gasteiger charge is -1.92. The molecular formula is C5H7FN2O. The van der Waals surface area contributed by atoms with Crippen molar-refractivity contribution in [2.75, 3.05) is 6.61 Å². The average molecular weight is 130 g/mol. The van der Waals surface area contributed by atoms with Gasteiger partial charge in [-0.1, -0.05) is 0 Å². The maximum absolute atomic E-state index is 12.1. The van der Waals surface area contributed by atoms with Crippen molar-refractivity contribution in [1.29, 1.82) is 0 Å². The second-order valence-electron chi connectivity index (χ2n) is 1.65. The molecule has 9 heavy (non-hydrogen) atoms. The van der Waals surface area contributed by atoms with Gasteiger partial charge in [0.05, 0.1) is 25.5 Å². The summed E-state index contributed by atoms with van der Waals surface area (Å²) in [5.74, 6) is -0.372. The van der Waals surface area contributed by atoms with E-state index in [1.54, 1.807) is 0 Å². The summed E-state index contributed by atoms with van der Waals surface area (Å²) in [4.78, 5) is 0. The van der Waals surface area contributed by atoms with E-state index in [2.05, 4.69) is 5.10 Å². The van der Waals surface area contributed by atoms with E-state index in [0.717, 1.165) is 6.20 Å². The van der Waals surface area contributed by atoms with Crippen molar-refractivity contribution in [3.05, 3.63) is 18.2 Å². The minimum absolute atomic E-state index is 0.0128. The topological polar surface area (TPSA) is 38.0 Å². The molecule has 1 heterocycles. The number of aliphatic hydroxyl groups excluding tert-OH is 1. The molecule has 3 nitrogen and oxygen atoms in total. The van der Waals surface area contributed by atoms with Crippen molar-refractivity contribution in [2.45, 2.75) is 6.54 Å². The van der Waals surface area contributed by atoms with Crippen LogP contribution in [0.1, 0.15) is 0 Å². The van der Waals surface area contributed by atoms with Gasteiger partial charge in [-0.3, -0.25) is 4.68 Å². The Kier molecular flexibility index (Phi) is 1.79. The lowest BCUT2D eigenvalue weighted by Crippen LogP contribution is -2.01. The van der Waals surface area contributed by atoms with Crippen LogP contribution in [-0.2, 0) is 6.54 Å². The SMILES string of the molecule is OCCn1cc(F)cn1. The average Bonchev–Trinajstić information content (AvgIpc) is 2.17. The Morgan fingerprint density at radius 1 is 1.78 bits per heavy atom. The first kappa shape index (κ1) is 6.22. The highest BCUT2D eigenvalue weighted by molar-refractivity contribution is 4.83. The molecule has 0 bridgehead atoms. The van der Waals surface area contributed by atoms with Crippen LogP contribution >= 0.6 is 0 Å². The summed E-state index contributed by atoms with van der Waals surface area (Å²) in [6.45, 7) is 0.338. The molecule has 0 aromatic carbocycles. The zero-order chi connectivity index (χ0) is 6.69. The van der Waals surface area contributed by atoms with Crippen LogP contribution in [0.25, 0.3) is 0 Å². The number of hydrogen-bond acceptors (Lipinski definition) is 2. The second kappa shape index (κ2) is 2.59. The van der Waals surface area contributed by atoms with Crippen LogP contribution in [0.2, 0.25) is 0 Å². The van der Waals surface area contributed by atoms with Crippen LogP contribution in [0.3, 0.4) is 0 Å². The van der Waals surface area contributed by atoms with E-state index in [0.29, 0.717) is 6.54 Å². The van der Waals surface area contributed by atoms with Gasteiger partial charge in [-0.05, 0) is 0 Å². The van der Waals surface area contributed by atoms with E-state index in [9.17, 15) is 4.39 Å². The summed E-state index contributed by atoms with van der Waals surface area (Å²) in [5.41, 5.74) is 0. The molecule has 0 amide bonds. The Bertz CT molecular complexity index is 187. The third-order valence-electron chi connectivity index (χ3n) is 0.931. The highest BCUT2D eigenvalue weighted by Gasteiger charge is 1.92. The van der Waals surface area contributed by atoms with Gasteiger partial charge in [0.15, 0.2) is 5.82 Å². The Morgan fingerprint density at radius 2 is 2.56 bits per heavy atom. The molecule has 0 aliphatic carbocycles. The van der Waals surface area contributed by atoms with Crippen molar-refractivity contribution < 1.29 is 9.50 Å². The van der Waals surface area contributed by atoms with Crippen LogP contribution in [0.5, 0.6) is 0 Å². The first-order valence-electron chi connectivity index (χ1n) is 2.62. The van der Waals surface area contributed by atoms with Crippen LogP contribution in [0, 0.1) is 5.82 Å². The summed E-state index contributed by atoms with van der Waals surface area (Å²) < 4.78 is 13.4. The number of rotatable bonds is 2. The summed E-state index contributed by atoms with van der Waals surface area (Å²) in [6, 6.07) is 0. The molecule has 0 saturated carbocycles. The predicted octanol–water partition coefficient (Wildman–Crippen LogP) is 0.0145. The zero-order valence-corrected chi connectivity index (χ0v) is 4.79. The standard InChI is InChI=1S/C5H7FN2O/c6-5-3-7-8(4-5)1-2-9/h3-4,9H,1-2H2. The fourth-order valence-corrected chi connectivity index (χ4v) is 0.563. The van der Waals surface area contributed by atoms with Gasteiger partial charge in [-0.2, -0.15) is 5.10 Å². The molecule has 50 valence electrons. The Morgan fingerprint density at radius 3 is 3.00 bits per heavy atom. The molecule has 1 aromatic heterocycles. The molecule has 1 aromatic rings. The Hall–Kier alpha value is -0.900. The van der Waals surface area contributed by atoms with Crippen molar-refractivity contribution in [3.8, 4) is 0 Å². The van der Waals surface area contributed by atoms with E-state index < -0.39 is 0 Å². The van der Waals surface area contributed by atoms with Gasteiger partial charge in [0.2, 0.25) is 0 Å². The normalized spacial score (nSPS) is 10.0. The molecule has 0 radical (unpaired) electrons. The number of aromatic nitrogens is 2. The van der Waals surface area contributed by atoms with Gasteiger partial charge in [0.1, 0.15) is 0 Å². The van der Waals surface area contributed by atoms with Gasteiger partial charge in [-0.25, -0.2) is 4.39 Å². The third-order valence-corrected chi connectivity index (χ3v) is 0.931. The Balaban J connectivity index is 2.61. The summed E-state index contributed by atoms with van der Waals surface area (Å²) >= 11 is 0. The largest absolute Gasteiger partial charge is 0.394 e. The molecule has 0 unspecified atom stereocenters. The summed E-state index contributed by atoms with van der Waals surface area (Å²) in [5, 5.41) is 11.9. The maximum Gasteiger partial charge on any atom is 0.161 e. The molecular weight excluding hydrogens is 123 g/mol. The fraction of sp³-hybridized carbons (Fsp3) is 0.400. The molecule has 0 saturated heterocycles. The molecule has 0 aliphatic rings. The van der Waals surface area contributed by atoms with Gasteiger partial charge >= 0.3 is 0 Å². The predicted molar refractivity (Wildman–Crippen MR) is 29.3 cm³/mol. The van der Waals surface area contributed by atoms with E-state index in [4.69, 9.17) is 5.11 Å². The minimum atomic E-state index is -0.372. The van der Waals surface area contributed by atoms with Crippen molar-refractivity contribution in [2.24, 2.45) is 0 Å². The molecule has 4 heteroatoms. The lowest BCUT2D eigenvalue weighted by molar-refractivity contribution is 0.269. The number of halogens is 1. The molecule has 1 N–H and O–H groups in total. The van der Waals surface area contributed by atoms with Crippen LogP contribution in [-0.4, -0.2) is 21.5 Å². The second-order valence-corrected chi connectivity index (χ2v) is 1.65. The van der Waals surface area contributed by atoms with Crippen molar-refractivity contribution in [1.82, 2.24) is 9.78 Å². The first-order chi connectivity index (χ1) is 4.33. The fourth-order valence-electron chi connectivity index (χ4n) is 0.563. The molecule has 0 atom stereocenters. The van der Waals surface area contributed by atoms with Gasteiger partial charge in [0.25, 0.3) is 0 Å². The first-order valence-corrected chi connectivity index (χ1v) is 2.62. The maximum atomic E-state index is 12.1. The van der Waals surface area contributed by atoms with E-state index in [1.807, 2.05) is 0 Å². The van der Waals surface area contributed by atoms with Crippen molar-refractivity contribution >= 4 is 0 Å². The van der Waals surface area contributed by atoms with Crippen LogP contribution in [0.15, 0.2) is 12.4 Å². The highest BCUT2D eigenvalue weighted by Crippen LogP contribution is 1.91. The van der Waals surface area contributed by atoms with Gasteiger partial charge in [0, 0.05) is 0 Å². The smallest absolute Gasteiger partial charge is 0.161 e. The minimum Gasteiger partial charge on any atom is -0.394 e. The highest BCUT2D eigenvalue weighted by atomic mass is 19.1. The lowest BCUT2D eigenvalue weighted by atomic mass is 10.6. The van der Waals surface area contributed by atoms with Gasteiger partial charge in [-0.15, -0.1) is 0 Å². The summed E-state index contributed by atoms with van der Waals surface area (Å²) in [6.07, 6.45) is 2.34. The number of hydrogen-bond donors (Lipinski definition) is 1. The Labute approximate surface area is 51.7 Å². The third kappa shape index (κ3) is 1.50.